The van der Waals surface area contributed by atoms with Crippen LogP contribution >= 0.6 is 0 Å². The topological polar surface area (TPSA) is 192 Å². The predicted octanol–water partition coefficient (Wildman–Crippen LogP) is 19.2. The molecule has 1 heterocycles. The molecule has 0 saturated carbocycles. The zero-order valence-electron chi connectivity index (χ0n) is 55.2. The number of unbranched alkanes of at least 4 members (excludes halogenated alkanes) is 49. The van der Waals surface area contributed by atoms with E-state index < -0.39 is 59.9 Å². The van der Waals surface area contributed by atoms with Crippen molar-refractivity contribution in [2.75, 3.05) is 13.2 Å². The van der Waals surface area contributed by atoms with Crippen LogP contribution in [0.3, 0.4) is 0 Å². The Kier molecular flexibility index (Phi) is 58.6. The molecule has 7 atom stereocenters. The number of rotatable bonds is 65. The summed E-state index contributed by atoms with van der Waals surface area (Å²) in [5.41, 5.74) is 0. The highest BCUT2D eigenvalue weighted by Crippen LogP contribution is 2.26. The molecular weight excluding hydrogens is 1090 g/mol. The van der Waals surface area contributed by atoms with Crippen molar-refractivity contribution in [3.8, 4) is 0 Å². The second kappa shape index (κ2) is 61.2. The number of aliphatic hydroxyl groups is 4. The molecule has 0 aromatic heterocycles. The van der Waals surface area contributed by atoms with Gasteiger partial charge in [-0.1, -0.05) is 339 Å². The Labute approximate surface area is 524 Å². The molecule has 1 fully saturated rings. The van der Waals surface area contributed by atoms with Gasteiger partial charge in [-0.25, -0.2) is 4.18 Å². The van der Waals surface area contributed by atoms with E-state index in [0.29, 0.717) is 6.42 Å². The number of hydrogen-bond donors (Lipinski definition) is 6. The summed E-state index contributed by atoms with van der Waals surface area (Å²) in [6.45, 7) is 3.46. The van der Waals surface area contributed by atoms with Crippen LogP contribution in [0.15, 0.2) is 36.5 Å². The molecule has 0 aromatic rings. The summed E-state index contributed by atoms with van der Waals surface area (Å²) in [5, 5.41) is 45.2. The lowest BCUT2D eigenvalue weighted by atomic mass is 9.99. The molecule has 6 N–H and O–H groups in total. The maximum absolute atomic E-state index is 13.2. The first-order valence-corrected chi connectivity index (χ1v) is 37.7. The van der Waals surface area contributed by atoms with Gasteiger partial charge >= 0.3 is 10.4 Å². The van der Waals surface area contributed by atoms with Gasteiger partial charge in [0.1, 0.15) is 24.4 Å². The van der Waals surface area contributed by atoms with E-state index in [1.54, 1.807) is 6.08 Å². The lowest BCUT2D eigenvalue weighted by Gasteiger charge is -2.41. The Bertz CT molecular complexity index is 1630. The second-order valence-corrected chi connectivity index (χ2v) is 26.6. The fraction of sp³-hybridized carbons (Fsp3) is 0.903. The zero-order chi connectivity index (χ0) is 61.8. The Hall–Kier alpha value is -1.68. The molecule has 1 saturated heterocycles. The van der Waals surface area contributed by atoms with Crippen LogP contribution in [0.1, 0.15) is 361 Å². The average Bonchev–Trinajstić information content (AvgIpc) is 3.45. The van der Waals surface area contributed by atoms with Crippen LogP contribution in [0, 0.1) is 0 Å². The smallest absolute Gasteiger partial charge is 0.394 e. The molecule has 1 aliphatic rings. The van der Waals surface area contributed by atoms with Crippen LogP contribution in [0.5, 0.6) is 0 Å². The molecule has 0 aromatic carbocycles. The molecule has 12 nitrogen and oxygen atoms in total. The molecule has 502 valence electrons. The van der Waals surface area contributed by atoms with Crippen molar-refractivity contribution in [2.24, 2.45) is 0 Å². The minimum Gasteiger partial charge on any atom is -0.394 e. The summed E-state index contributed by atoms with van der Waals surface area (Å²) in [6, 6.07) is -0.945. The summed E-state index contributed by atoms with van der Waals surface area (Å²) in [4.78, 5) is 13.2. The van der Waals surface area contributed by atoms with Gasteiger partial charge in [-0.15, -0.1) is 0 Å². The maximum Gasteiger partial charge on any atom is 0.397 e. The van der Waals surface area contributed by atoms with Gasteiger partial charge in [-0.05, 0) is 51.4 Å². The molecule has 0 spiro atoms. The standard InChI is InChI=1S/C72H137NO11S/c1-3-5-7-9-11-13-15-17-19-21-23-25-26-27-28-29-30-31-32-33-34-35-36-37-38-39-40-42-44-46-48-50-52-54-56-58-60-62-68(76)73-65(64-82-72-70(78)71(84-85(79,80)81)69(77)67(63-74)83-72)66(75)61-59-57-55-53-51-49-47-45-43-41-24-22-20-18-16-14-12-10-8-6-4-2/h28-29,31-32,59,61,65-67,69-72,74-75,77-78H,3-27,30,33-58,60,62-64H2,1-2H3,(H,73,76)(H,79,80,81)/b29-28-,32-31-,61-59+. The number of nitrogens with one attached hydrogen (secondary N) is 1. The van der Waals surface area contributed by atoms with Crippen LogP contribution in [0.4, 0.5) is 0 Å². The van der Waals surface area contributed by atoms with E-state index in [1.807, 2.05) is 6.08 Å². The van der Waals surface area contributed by atoms with E-state index in [0.717, 1.165) is 44.9 Å². The first-order chi connectivity index (χ1) is 41.5. The molecule has 0 radical (unpaired) electrons. The van der Waals surface area contributed by atoms with Gasteiger partial charge in [0.05, 0.1) is 25.4 Å². The third-order valence-electron chi connectivity index (χ3n) is 17.4. The minimum atomic E-state index is -5.09. The van der Waals surface area contributed by atoms with Gasteiger partial charge in [0, 0.05) is 6.42 Å². The Morgan fingerprint density at radius 3 is 1.12 bits per heavy atom. The summed E-state index contributed by atoms with van der Waals surface area (Å²) in [6.07, 6.45) is 72.3. The summed E-state index contributed by atoms with van der Waals surface area (Å²) in [5.74, 6) is -0.256. The molecule has 1 aliphatic heterocycles. The Balaban J connectivity index is 2.20. The highest BCUT2D eigenvalue weighted by molar-refractivity contribution is 7.80. The van der Waals surface area contributed by atoms with Gasteiger partial charge in [0.25, 0.3) is 0 Å². The molecule has 0 aliphatic carbocycles. The molecule has 85 heavy (non-hydrogen) atoms. The Morgan fingerprint density at radius 1 is 0.471 bits per heavy atom. The van der Waals surface area contributed by atoms with E-state index in [2.05, 4.69) is 47.7 Å². The van der Waals surface area contributed by atoms with Gasteiger partial charge in [-0.3, -0.25) is 9.35 Å². The van der Waals surface area contributed by atoms with E-state index in [1.165, 1.54) is 289 Å². The number of hydrogen-bond acceptors (Lipinski definition) is 10. The van der Waals surface area contributed by atoms with Gasteiger partial charge in [0.15, 0.2) is 6.29 Å². The van der Waals surface area contributed by atoms with Crippen molar-refractivity contribution in [3.63, 3.8) is 0 Å². The van der Waals surface area contributed by atoms with Gasteiger partial charge < -0.3 is 35.2 Å². The quantitative estimate of drug-likeness (QED) is 0.0193. The van der Waals surface area contributed by atoms with Crippen molar-refractivity contribution in [1.29, 1.82) is 0 Å². The van der Waals surface area contributed by atoms with Crippen molar-refractivity contribution in [3.05, 3.63) is 36.5 Å². The number of carbonyl (C=O) groups excluding carboxylic acids is 1. The lowest BCUT2D eigenvalue weighted by molar-refractivity contribution is -0.298. The molecule has 1 amide bonds. The second-order valence-electron chi connectivity index (χ2n) is 25.5. The number of ether oxygens (including phenoxy) is 2. The first-order valence-electron chi connectivity index (χ1n) is 36.4. The van der Waals surface area contributed by atoms with Gasteiger partial charge in [-0.2, -0.15) is 8.42 Å². The molecule has 7 unspecified atom stereocenters. The third-order valence-corrected chi connectivity index (χ3v) is 17.9. The highest BCUT2D eigenvalue weighted by Gasteiger charge is 2.48. The van der Waals surface area contributed by atoms with Crippen LogP contribution in [-0.4, -0.2) is 95.4 Å². The molecule has 13 heteroatoms. The predicted molar refractivity (Wildman–Crippen MR) is 356 cm³/mol. The van der Waals surface area contributed by atoms with Crippen LogP contribution in [-0.2, 0) is 28.9 Å². The van der Waals surface area contributed by atoms with Crippen LogP contribution < -0.4 is 5.32 Å². The lowest BCUT2D eigenvalue weighted by Crippen LogP contribution is -2.61. The average molecular weight is 1220 g/mol. The number of carbonyl (C=O) groups is 1. The minimum absolute atomic E-state index is 0.256. The fourth-order valence-corrected chi connectivity index (χ4v) is 12.4. The van der Waals surface area contributed by atoms with Crippen LogP contribution in [0.2, 0.25) is 0 Å². The van der Waals surface area contributed by atoms with Crippen molar-refractivity contribution >= 4 is 16.3 Å². The van der Waals surface area contributed by atoms with Gasteiger partial charge in [0.2, 0.25) is 5.91 Å². The SMILES string of the molecule is CCCCCCCCCCCCCCC/C=C\C/C=C\CCCCCCCCCCCCCCCCCCCC(=O)NC(COC1OC(CO)C(O)C(OS(=O)(=O)O)C1O)C(O)/C=C/CCCCCCCCCCCCCCCCCCCCC. The zero-order valence-corrected chi connectivity index (χ0v) is 56.0. The van der Waals surface area contributed by atoms with Crippen molar-refractivity contribution < 1.29 is 51.8 Å². The number of allylic oxidation sites excluding steroid dienone is 5. The number of aliphatic hydroxyl groups excluding tert-OH is 4. The van der Waals surface area contributed by atoms with E-state index in [-0.39, 0.29) is 18.9 Å². The normalized spacial score (nSPS) is 18.4. The van der Waals surface area contributed by atoms with Crippen molar-refractivity contribution in [1.82, 2.24) is 5.32 Å². The fourth-order valence-electron chi connectivity index (χ4n) is 11.8. The van der Waals surface area contributed by atoms with E-state index >= 15 is 0 Å². The molecule has 1 rings (SSSR count). The third kappa shape index (κ3) is 52.8. The summed E-state index contributed by atoms with van der Waals surface area (Å²) >= 11 is 0. The van der Waals surface area contributed by atoms with Crippen molar-refractivity contribution in [2.45, 2.75) is 403 Å². The Morgan fingerprint density at radius 2 is 0.788 bits per heavy atom. The van der Waals surface area contributed by atoms with E-state index in [4.69, 9.17) is 9.47 Å². The molecule has 0 bridgehead atoms. The van der Waals surface area contributed by atoms with Crippen LogP contribution in [0.25, 0.3) is 0 Å². The highest BCUT2D eigenvalue weighted by atomic mass is 32.3. The number of amides is 1. The summed E-state index contributed by atoms with van der Waals surface area (Å²) < 4.78 is 48.1. The molecular formula is C72H137NO11S. The monoisotopic (exact) mass is 1220 g/mol. The maximum atomic E-state index is 13.2. The first kappa shape index (κ1) is 81.3. The summed E-state index contributed by atoms with van der Waals surface area (Å²) in [7, 11) is -5.09. The largest absolute Gasteiger partial charge is 0.397 e. The van der Waals surface area contributed by atoms with E-state index in [9.17, 15) is 38.2 Å².